The van der Waals surface area contributed by atoms with Crippen molar-refractivity contribution in [2.24, 2.45) is 0 Å². The van der Waals surface area contributed by atoms with Crippen LogP contribution < -0.4 is 5.32 Å². The van der Waals surface area contributed by atoms with E-state index in [4.69, 9.17) is 0 Å². The minimum absolute atomic E-state index is 0.138. The van der Waals surface area contributed by atoms with Crippen LogP contribution in [0.25, 0.3) is 11.3 Å². The number of hydrogen-bond acceptors (Lipinski definition) is 2. The SMILES string of the molecule is CNCCc1cn[nH]c1-c1ccccc1C(F)(F)F. The van der Waals surface area contributed by atoms with Gasteiger partial charge >= 0.3 is 6.18 Å². The van der Waals surface area contributed by atoms with Gasteiger partial charge in [-0.25, -0.2) is 0 Å². The number of benzene rings is 1. The molecule has 2 N–H and O–H groups in total. The highest BCUT2D eigenvalue weighted by Gasteiger charge is 2.34. The first-order valence-corrected chi connectivity index (χ1v) is 5.87. The molecule has 0 spiro atoms. The van der Waals surface area contributed by atoms with Crippen molar-refractivity contribution in [3.8, 4) is 11.3 Å². The molecule has 0 atom stereocenters. The zero-order chi connectivity index (χ0) is 13.9. The molecule has 0 amide bonds. The Hall–Kier alpha value is -1.82. The van der Waals surface area contributed by atoms with Gasteiger partial charge in [-0.3, -0.25) is 5.10 Å². The number of halogens is 3. The summed E-state index contributed by atoms with van der Waals surface area (Å²) in [6.45, 7) is 0.681. The summed E-state index contributed by atoms with van der Waals surface area (Å²) in [6.07, 6.45) is -2.18. The molecule has 0 aliphatic carbocycles. The van der Waals surface area contributed by atoms with Gasteiger partial charge in [-0.05, 0) is 31.6 Å². The first-order valence-electron chi connectivity index (χ1n) is 5.87. The highest BCUT2D eigenvalue weighted by atomic mass is 19.4. The van der Waals surface area contributed by atoms with Crippen molar-refractivity contribution in [1.29, 1.82) is 0 Å². The van der Waals surface area contributed by atoms with Gasteiger partial charge in [0, 0.05) is 5.56 Å². The van der Waals surface area contributed by atoms with E-state index in [1.807, 2.05) is 0 Å². The Morgan fingerprint density at radius 2 is 2.00 bits per heavy atom. The first-order chi connectivity index (χ1) is 9.04. The number of nitrogens with one attached hydrogen (secondary N) is 2. The summed E-state index contributed by atoms with van der Waals surface area (Å²) < 4.78 is 38.9. The molecule has 0 bridgehead atoms. The topological polar surface area (TPSA) is 40.7 Å². The highest BCUT2D eigenvalue weighted by Crippen LogP contribution is 2.37. The van der Waals surface area contributed by atoms with Gasteiger partial charge in [0.1, 0.15) is 0 Å². The molecule has 19 heavy (non-hydrogen) atoms. The molecule has 102 valence electrons. The second-order valence-corrected chi connectivity index (χ2v) is 4.17. The maximum Gasteiger partial charge on any atom is 0.417 e. The minimum atomic E-state index is -4.37. The number of rotatable bonds is 4. The van der Waals surface area contributed by atoms with E-state index in [0.717, 1.165) is 11.6 Å². The first kappa shape index (κ1) is 13.6. The maximum atomic E-state index is 13.0. The number of hydrogen-bond donors (Lipinski definition) is 2. The quantitative estimate of drug-likeness (QED) is 0.896. The lowest BCUT2D eigenvalue weighted by atomic mass is 10.0. The fourth-order valence-electron chi connectivity index (χ4n) is 1.94. The van der Waals surface area contributed by atoms with Gasteiger partial charge in [0.15, 0.2) is 0 Å². The van der Waals surface area contributed by atoms with Gasteiger partial charge in [0.05, 0.1) is 17.5 Å². The summed E-state index contributed by atoms with van der Waals surface area (Å²) in [5.41, 5.74) is 0.692. The number of aromatic amines is 1. The van der Waals surface area contributed by atoms with Gasteiger partial charge in [-0.15, -0.1) is 0 Å². The number of alkyl halides is 3. The Morgan fingerprint density at radius 3 is 2.68 bits per heavy atom. The summed E-state index contributed by atoms with van der Waals surface area (Å²) >= 11 is 0. The van der Waals surface area contributed by atoms with E-state index in [2.05, 4.69) is 15.5 Å². The minimum Gasteiger partial charge on any atom is -0.319 e. The summed E-state index contributed by atoms with van der Waals surface area (Å²) in [5, 5.41) is 9.49. The van der Waals surface area contributed by atoms with E-state index < -0.39 is 11.7 Å². The molecule has 6 heteroatoms. The van der Waals surface area contributed by atoms with Crippen LogP contribution in [-0.2, 0) is 12.6 Å². The number of aromatic nitrogens is 2. The second-order valence-electron chi connectivity index (χ2n) is 4.17. The Balaban J connectivity index is 2.45. The zero-order valence-electron chi connectivity index (χ0n) is 10.4. The van der Waals surface area contributed by atoms with Crippen molar-refractivity contribution in [3.05, 3.63) is 41.6 Å². The largest absolute Gasteiger partial charge is 0.417 e. The van der Waals surface area contributed by atoms with Crippen LogP contribution in [0, 0.1) is 0 Å². The van der Waals surface area contributed by atoms with Crippen LogP contribution in [0.5, 0.6) is 0 Å². The maximum absolute atomic E-state index is 13.0. The predicted octanol–water partition coefficient (Wildman–Crippen LogP) is 2.86. The van der Waals surface area contributed by atoms with Crippen molar-refractivity contribution in [1.82, 2.24) is 15.5 Å². The Morgan fingerprint density at radius 1 is 1.26 bits per heavy atom. The van der Waals surface area contributed by atoms with Gasteiger partial charge in [0.2, 0.25) is 0 Å². The fourth-order valence-corrected chi connectivity index (χ4v) is 1.94. The third-order valence-electron chi connectivity index (χ3n) is 2.86. The van der Waals surface area contributed by atoms with Crippen molar-refractivity contribution in [2.75, 3.05) is 13.6 Å². The smallest absolute Gasteiger partial charge is 0.319 e. The Labute approximate surface area is 108 Å². The van der Waals surface area contributed by atoms with Crippen LogP contribution in [0.4, 0.5) is 13.2 Å². The molecule has 1 heterocycles. The molecule has 1 aromatic carbocycles. The standard InChI is InChI=1S/C13H14F3N3/c1-17-7-6-9-8-18-19-12(9)10-4-2-3-5-11(10)13(14,15)16/h2-5,8,17H,6-7H2,1H3,(H,18,19). The molecule has 0 saturated carbocycles. The van der Waals surface area contributed by atoms with Crippen LogP contribution in [-0.4, -0.2) is 23.8 Å². The average Bonchev–Trinajstić information content (AvgIpc) is 2.83. The Kier molecular flexibility index (Phi) is 3.90. The van der Waals surface area contributed by atoms with Gasteiger partial charge < -0.3 is 5.32 Å². The van der Waals surface area contributed by atoms with Gasteiger partial charge in [0.25, 0.3) is 0 Å². The van der Waals surface area contributed by atoms with Crippen molar-refractivity contribution >= 4 is 0 Å². The van der Waals surface area contributed by atoms with Crippen LogP contribution in [0.3, 0.4) is 0 Å². The molecular formula is C13H14F3N3. The van der Waals surface area contributed by atoms with E-state index in [1.54, 1.807) is 19.3 Å². The van der Waals surface area contributed by atoms with E-state index in [1.165, 1.54) is 12.1 Å². The number of likely N-dealkylation sites (N-methyl/N-ethyl adjacent to an activating group) is 1. The molecule has 1 aromatic heterocycles. The van der Waals surface area contributed by atoms with Crippen molar-refractivity contribution in [3.63, 3.8) is 0 Å². The molecule has 3 nitrogen and oxygen atoms in total. The van der Waals surface area contributed by atoms with Gasteiger partial charge in [-0.2, -0.15) is 18.3 Å². The van der Waals surface area contributed by atoms with Gasteiger partial charge in [-0.1, -0.05) is 18.2 Å². The summed E-state index contributed by atoms with van der Waals surface area (Å²) in [5.74, 6) is 0. The second kappa shape index (κ2) is 5.44. The molecule has 2 rings (SSSR count). The lowest BCUT2D eigenvalue weighted by Gasteiger charge is -2.12. The predicted molar refractivity (Wildman–Crippen MR) is 66.7 cm³/mol. The van der Waals surface area contributed by atoms with Crippen LogP contribution in [0.15, 0.2) is 30.5 Å². The molecular weight excluding hydrogens is 255 g/mol. The van der Waals surface area contributed by atoms with E-state index >= 15 is 0 Å². The zero-order valence-corrected chi connectivity index (χ0v) is 10.4. The molecule has 0 aliphatic heterocycles. The van der Waals surface area contributed by atoms with Crippen LogP contribution in [0.2, 0.25) is 0 Å². The summed E-state index contributed by atoms with van der Waals surface area (Å²) in [7, 11) is 1.80. The van der Waals surface area contributed by atoms with Crippen molar-refractivity contribution in [2.45, 2.75) is 12.6 Å². The van der Waals surface area contributed by atoms with E-state index in [9.17, 15) is 13.2 Å². The molecule has 2 aromatic rings. The third-order valence-corrected chi connectivity index (χ3v) is 2.86. The van der Waals surface area contributed by atoms with Crippen molar-refractivity contribution < 1.29 is 13.2 Å². The molecule has 0 fully saturated rings. The third kappa shape index (κ3) is 2.96. The Bertz CT molecular complexity index is 546. The molecule has 0 radical (unpaired) electrons. The summed E-state index contributed by atoms with van der Waals surface area (Å²) in [6, 6.07) is 5.51. The fraction of sp³-hybridized carbons (Fsp3) is 0.308. The summed E-state index contributed by atoms with van der Waals surface area (Å²) in [4.78, 5) is 0. The van der Waals surface area contributed by atoms with E-state index in [-0.39, 0.29) is 5.56 Å². The lowest BCUT2D eigenvalue weighted by molar-refractivity contribution is -0.137. The highest BCUT2D eigenvalue weighted by molar-refractivity contribution is 5.67. The normalized spacial score (nSPS) is 11.8. The molecule has 0 saturated heterocycles. The van der Waals surface area contributed by atoms with E-state index in [0.29, 0.717) is 18.7 Å². The molecule has 0 unspecified atom stereocenters. The number of nitrogens with zero attached hydrogens (tertiary/aromatic N) is 1. The number of H-pyrrole nitrogens is 1. The molecule has 0 aliphatic rings. The monoisotopic (exact) mass is 269 g/mol. The average molecular weight is 269 g/mol. The van der Waals surface area contributed by atoms with Crippen LogP contribution >= 0.6 is 0 Å². The van der Waals surface area contributed by atoms with Crippen LogP contribution in [0.1, 0.15) is 11.1 Å². The lowest BCUT2D eigenvalue weighted by Crippen LogP contribution is -2.11.